The molecule has 2 heterocycles. The maximum absolute atomic E-state index is 4.30. The molecule has 0 bridgehead atoms. The molecule has 0 saturated heterocycles. The minimum Gasteiger partial charge on any atom is -0.309 e. The van der Waals surface area contributed by atoms with Gasteiger partial charge in [0.1, 0.15) is 12.1 Å². The molecule has 74 valence electrons. The summed E-state index contributed by atoms with van der Waals surface area (Å²) in [5.74, 6) is 1.54. The normalized spacial score (nSPS) is 10.4. The largest absolute Gasteiger partial charge is 0.309 e. The second kappa shape index (κ2) is 3.49. The Balaban J connectivity index is 2.23. The van der Waals surface area contributed by atoms with Crippen LogP contribution in [0.2, 0.25) is 0 Å². The highest BCUT2D eigenvalue weighted by molar-refractivity contribution is 5.47. The van der Waals surface area contributed by atoms with Crippen molar-refractivity contribution in [3.8, 4) is 0 Å². The van der Waals surface area contributed by atoms with E-state index in [2.05, 4.69) is 25.6 Å². The maximum Gasteiger partial charge on any atom is 0.224 e. The van der Waals surface area contributed by atoms with Crippen LogP contribution in [0.3, 0.4) is 0 Å². The SMILES string of the molecule is CCn1nc(C)cc1Nc1ncn[nH]1. The molecule has 6 nitrogen and oxygen atoms in total. The zero-order valence-corrected chi connectivity index (χ0v) is 8.15. The third kappa shape index (κ3) is 1.59. The average Bonchev–Trinajstić information content (AvgIpc) is 2.76. The number of aryl methyl sites for hydroxylation is 2. The highest BCUT2D eigenvalue weighted by atomic mass is 15.4. The van der Waals surface area contributed by atoms with E-state index in [-0.39, 0.29) is 0 Å². The van der Waals surface area contributed by atoms with Crippen LogP contribution in [0.1, 0.15) is 12.6 Å². The number of aromatic amines is 1. The molecule has 6 heteroatoms. The molecule has 2 N–H and O–H groups in total. The Labute approximate surface area is 81.4 Å². The van der Waals surface area contributed by atoms with Crippen molar-refractivity contribution >= 4 is 11.8 Å². The quantitative estimate of drug-likeness (QED) is 0.763. The summed E-state index contributed by atoms with van der Waals surface area (Å²) in [6.07, 6.45) is 1.46. The molecule has 2 aromatic rings. The zero-order chi connectivity index (χ0) is 9.97. The van der Waals surface area contributed by atoms with Gasteiger partial charge >= 0.3 is 0 Å². The number of nitrogens with one attached hydrogen (secondary N) is 2. The van der Waals surface area contributed by atoms with E-state index in [4.69, 9.17) is 0 Å². The lowest BCUT2D eigenvalue weighted by atomic mass is 10.5. The Morgan fingerprint density at radius 3 is 3.07 bits per heavy atom. The molecule has 0 aliphatic heterocycles. The van der Waals surface area contributed by atoms with Crippen LogP contribution in [0.5, 0.6) is 0 Å². The third-order valence-electron chi connectivity index (χ3n) is 1.86. The molecule has 14 heavy (non-hydrogen) atoms. The fourth-order valence-electron chi connectivity index (χ4n) is 1.27. The molecule has 0 amide bonds. The van der Waals surface area contributed by atoms with Gasteiger partial charge in [0.25, 0.3) is 0 Å². The first-order valence-electron chi connectivity index (χ1n) is 4.46. The smallest absolute Gasteiger partial charge is 0.224 e. The van der Waals surface area contributed by atoms with Crippen molar-refractivity contribution in [1.29, 1.82) is 0 Å². The first kappa shape index (κ1) is 8.74. The lowest BCUT2D eigenvalue weighted by molar-refractivity contribution is 0.661. The summed E-state index contributed by atoms with van der Waals surface area (Å²) < 4.78 is 1.87. The molecule has 2 aromatic heterocycles. The molecule has 0 aliphatic rings. The van der Waals surface area contributed by atoms with Crippen LogP contribution in [-0.4, -0.2) is 25.0 Å². The topological polar surface area (TPSA) is 71.4 Å². The lowest BCUT2D eigenvalue weighted by Gasteiger charge is -2.03. The van der Waals surface area contributed by atoms with Gasteiger partial charge in [-0.05, 0) is 13.8 Å². The predicted octanol–water partition coefficient (Wildman–Crippen LogP) is 1.07. The van der Waals surface area contributed by atoms with Gasteiger partial charge in [-0.1, -0.05) is 0 Å². The predicted molar refractivity (Wildman–Crippen MR) is 52.3 cm³/mol. The number of nitrogens with zero attached hydrogens (tertiary/aromatic N) is 4. The molecular weight excluding hydrogens is 180 g/mol. The van der Waals surface area contributed by atoms with Crippen molar-refractivity contribution < 1.29 is 0 Å². The average molecular weight is 192 g/mol. The summed E-state index contributed by atoms with van der Waals surface area (Å²) in [6.45, 7) is 4.82. The number of hydrogen-bond donors (Lipinski definition) is 2. The molecule has 0 radical (unpaired) electrons. The number of H-pyrrole nitrogens is 1. The van der Waals surface area contributed by atoms with Crippen molar-refractivity contribution in [2.45, 2.75) is 20.4 Å². The molecule has 0 aromatic carbocycles. The fraction of sp³-hybridized carbons (Fsp3) is 0.375. The van der Waals surface area contributed by atoms with Gasteiger partial charge < -0.3 is 5.32 Å². The van der Waals surface area contributed by atoms with Gasteiger partial charge in [0.15, 0.2) is 0 Å². The minimum absolute atomic E-state index is 0.625. The van der Waals surface area contributed by atoms with Crippen LogP contribution < -0.4 is 5.32 Å². The van der Waals surface area contributed by atoms with Crippen molar-refractivity contribution in [2.24, 2.45) is 0 Å². The summed E-state index contributed by atoms with van der Waals surface area (Å²) in [6, 6.07) is 1.96. The van der Waals surface area contributed by atoms with Crippen LogP contribution in [0.25, 0.3) is 0 Å². The fourth-order valence-corrected chi connectivity index (χ4v) is 1.27. The third-order valence-corrected chi connectivity index (χ3v) is 1.86. The molecule has 0 spiro atoms. The van der Waals surface area contributed by atoms with Gasteiger partial charge in [-0.25, -0.2) is 9.78 Å². The second-order valence-corrected chi connectivity index (χ2v) is 2.95. The maximum atomic E-state index is 4.30. The first-order valence-corrected chi connectivity index (χ1v) is 4.46. The summed E-state index contributed by atoms with van der Waals surface area (Å²) in [5, 5.41) is 13.9. The van der Waals surface area contributed by atoms with E-state index in [9.17, 15) is 0 Å². The summed E-state index contributed by atoms with van der Waals surface area (Å²) in [5.41, 5.74) is 0.980. The van der Waals surface area contributed by atoms with E-state index in [0.29, 0.717) is 5.95 Å². The van der Waals surface area contributed by atoms with E-state index in [1.54, 1.807) is 0 Å². The van der Waals surface area contributed by atoms with Crippen LogP contribution in [0, 0.1) is 6.92 Å². The highest BCUT2D eigenvalue weighted by Crippen LogP contribution is 2.13. The highest BCUT2D eigenvalue weighted by Gasteiger charge is 2.04. The van der Waals surface area contributed by atoms with E-state index in [1.165, 1.54) is 6.33 Å². The van der Waals surface area contributed by atoms with E-state index in [0.717, 1.165) is 18.1 Å². The van der Waals surface area contributed by atoms with E-state index in [1.807, 2.05) is 24.6 Å². The Morgan fingerprint density at radius 2 is 2.43 bits per heavy atom. The number of rotatable bonds is 3. The Kier molecular flexibility index (Phi) is 2.18. The molecule has 0 fully saturated rings. The molecule has 0 unspecified atom stereocenters. The Hall–Kier alpha value is -1.85. The van der Waals surface area contributed by atoms with Gasteiger partial charge in [0.05, 0.1) is 5.69 Å². The zero-order valence-electron chi connectivity index (χ0n) is 8.15. The van der Waals surface area contributed by atoms with Crippen molar-refractivity contribution in [2.75, 3.05) is 5.32 Å². The lowest BCUT2D eigenvalue weighted by Crippen LogP contribution is -2.03. The van der Waals surface area contributed by atoms with Gasteiger partial charge in [0, 0.05) is 12.6 Å². The number of aromatic nitrogens is 5. The molecule has 0 atom stereocenters. The van der Waals surface area contributed by atoms with Gasteiger partial charge in [-0.15, -0.1) is 0 Å². The van der Waals surface area contributed by atoms with Crippen LogP contribution in [0.15, 0.2) is 12.4 Å². The molecule has 0 saturated carbocycles. The molecular formula is C8H12N6. The second-order valence-electron chi connectivity index (χ2n) is 2.95. The van der Waals surface area contributed by atoms with Crippen molar-refractivity contribution in [3.05, 3.63) is 18.1 Å². The number of anilines is 2. The molecule has 2 rings (SSSR count). The van der Waals surface area contributed by atoms with Crippen LogP contribution in [-0.2, 0) is 6.54 Å². The van der Waals surface area contributed by atoms with Crippen LogP contribution in [0.4, 0.5) is 11.8 Å². The van der Waals surface area contributed by atoms with Crippen LogP contribution >= 0.6 is 0 Å². The first-order chi connectivity index (χ1) is 6.79. The van der Waals surface area contributed by atoms with Crippen molar-refractivity contribution in [3.63, 3.8) is 0 Å². The van der Waals surface area contributed by atoms with Gasteiger partial charge in [-0.2, -0.15) is 15.2 Å². The Morgan fingerprint density at radius 1 is 1.57 bits per heavy atom. The van der Waals surface area contributed by atoms with Gasteiger partial charge in [-0.3, -0.25) is 0 Å². The standard InChI is InChI=1S/C8H12N6/c1-3-14-7(4-6(2)13-14)11-8-9-5-10-12-8/h4-5H,3H2,1-2H3,(H2,9,10,11,12). The monoisotopic (exact) mass is 192 g/mol. The Bertz CT molecular complexity index is 401. The summed E-state index contributed by atoms with van der Waals surface area (Å²) in [4.78, 5) is 3.98. The summed E-state index contributed by atoms with van der Waals surface area (Å²) >= 11 is 0. The number of hydrogen-bond acceptors (Lipinski definition) is 4. The van der Waals surface area contributed by atoms with E-state index < -0.39 is 0 Å². The minimum atomic E-state index is 0.625. The summed E-state index contributed by atoms with van der Waals surface area (Å²) in [7, 11) is 0. The van der Waals surface area contributed by atoms with Crippen molar-refractivity contribution in [1.82, 2.24) is 25.0 Å². The van der Waals surface area contributed by atoms with E-state index >= 15 is 0 Å². The van der Waals surface area contributed by atoms with Gasteiger partial charge in [0.2, 0.25) is 5.95 Å². The molecule has 0 aliphatic carbocycles.